The molecule has 3 fully saturated rings. The molecule has 38 heavy (non-hydrogen) atoms. The summed E-state index contributed by atoms with van der Waals surface area (Å²) in [7, 11) is -3.22. The summed E-state index contributed by atoms with van der Waals surface area (Å²) in [5.41, 5.74) is 1.21. The second kappa shape index (κ2) is 10.3. The molecule has 11 nitrogen and oxygen atoms in total. The predicted molar refractivity (Wildman–Crippen MR) is 149 cm³/mol. The lowest BCUT2D eigenvalue weighted by Crippen LogP contribution is -2.49. The number of sulfone groups is 1. The maximum Gasteiger partial charge on any atom is 0.409 e. The van der Waals surface area contributed by atoms with Gasteiger partial charge in [0.15, 0.2) is 9.84 Å². The molecule has 2 aromatic heterocycles. The first-order valence-corrected chi connectivity index (χ1v) is 15.3. The minimum atomic E-state index is -3.22. The number of carbonyl (C=O) groups is 2. The van der Waals surface area contributed by atoms with Crippen molar-refractivity contribution < 1.29 is 22.7 Å². The van der Waals surface area contributed by atoms with Crippen molar-refractivity contribution in [2.24, 2.45) is 0 Å². The van der Waals surface area contributed by atoms with Gasteiger partial charge in [-0.05, 0) is 38.0 Å². The Labute approximate surface area is 229 Å². The number of pyridine rings is 1. The standard InChI is InChI=1S/C24H27N5O6S3/c1-3-35-23(32)27-10-8-26(9-11-27)20-17(21(30)28-7-4-5-15(2)19(28)25-20)13-18-22(31)29(24(36)37-18)16-6-12-38(33,34)14-16/h4-5,7,13,16H,3,6,8-12,14H2,1-2H3/b18-13+. The lowest BCUT2D eigenvalue weighted by molar-refractivity contribution is -0.123. The molecule has 1 unspecified atom stereocenters. The lowest BCUT2D eigenvalue weighted by atomic mass is 10.2. The van der Waals surface area contributed by atoms with Crippen molar-refractivity contribution in [3.8, 4) is 0 Å². The molecule has 202 valence electrons. The van der Waals surface area contributed by atoms with E-state index in [1.165, 1.54) is 15.4 Å². The first-order valence-electron chi connectivity index (χ1n) is 12.3. The fourth-order valence-corrected chi connectivity index (χ4v) is 7.97. The largest absolute Gasteiger partial charge is 0.450 e. The third kappa shape index (κ3) is 4.92. The van der Waals surface area contributed by atoms with Crippen molar-refractivity contribution in [3.05, 3.63) is 44.7 Å². The number of thioether (sulfide) groups is 1. The Bertz CT molecular complexity index is 1530. The maximum absolute atomic E-state index is 13.7. The predicted octanol–water partition coefficient (Wildman–Crippen LogP) is 1.67. The molecule has 3 saturated heterocycles. The fraction of sp³-hybridized carbons (Fsp3) is 0.458. The number of hydrogen-bond donors (Lipinski definition) is 0. The summed E-state index contributed by atoms with van der Waals surface area (Å²) in [6.07, 6.45) is 3.09. The highest BCUT2D eigenvalue weighted by Gasteiger charge is 2.42. The molecular weight excluding hydrogens is 550 g/mol. The monoisotopic (exact) mass is 577 g/mol. The lowest BCUT2D eigenvalue weighted by Gasteiger charge is -2.35. The number of rotatable bonds is 4. The molecule has 3 aliphatic rings. The maximum atomic E-state index is 13.7. The van der Waals surface area contributed by atoms with Crippen LogP contribution < -0.4 is 10.5 Å². The number of piperazine rings is 1. The Morgan fingerprint density at radius 2 is 2.00 bits per heavy atom. The van der Waals surface area contributed by atoms with Crippen LogP contribution in [0.25, 0.3) is 11.7 Å². The van der Waals surface area contributed by atoms with Crippen molar-refractivity contribution in [2.75, 3.05) is 49.2 Å². The van der Waals surface area contributed by atoms with Gasteiger partial charge in [0.2, 0.25) is 0 Å². The SMILES string of the molecule is CCOC(=O)N1CCN(c2nc3c(C)cccn3c(=O)c2/C=C2/SC(=S)N(C3CCS(=O)(=O)C3)C2=O)CC1. The molecule has 5 rings (SSSR count). The van der Waals surface area contributed by atoms with Crippen LogP contribution in [-0.2, 0) is 19.4 Å². The van der Waals surface area contributed by atoms with Gasteiger partial charge in [-0.2, -0.15) is 0 Å². The molecule has 0 aromatic carbocycles. The van der Waals surface area contributed by atoms with Crippen LogP contribution in [-0.4, -0.2) is 94.3 Å². The number of nitrogens with zero attached hydrogens (tertiary/aromatic N) is 5. The van der Waals surface area contributed by atoms with E-state index in [0.29, 0.717) is 44.1 Å². The molecule has 0 saturated carbocycles. The van der Waals surface area contributed by atoms with Crippen LogP contribution in [0, 0.1) is 6.92 Å². The summed E-state index contributed by atoms with van der Waals surface area (Å²) in [5.74, 6) is -0.0943. The van der Waals surface area contributed by atoms with Gasteiger partial charge in [-0.1, -0.05) is 30.0 Å². The van der Waals surface area contributed by atoms with Gasteiger partial charge < -0.3 is 14.5 Å². The Morgan fingerprint density at radius 3 is 2.66 bits per heavy atom. The number of aryl methyl sites for hydroxylation is 1. The van der Waals surface area contributed by atoms with E-state index in [1.54, 1.807) is 24.1 Å². The average Bonchev–Trinajstić information content (AvgIpc) is 3.38. The van der Waals surface area contributed by atoms with Crippen LogP contribution >= 0.6 is 24.0 Å². The number of carbonyl (C=O) groups excluding carboxylic acids is 2. The van der Waals surface area contributed by atoms with Gasteiger partial charge in [0.05, 0.1) is 34.6 Å². The Morgan fingerprint density at radius 1 is 1.26 bits per heavy atom. The van der Waals surface area contributed by atoms with E-state index in [4.69, 9.17) is 21.9 Å². The molecule has 0 bridgehead atoms. The zero-order valence-electron chi connectivity index (χ0n) is 21.0. The molecular formula is C24H27N5O6S3. The summed E-state index contributed by atoms with van der Waals surface area (Å²) in [5, 5.41) is 0. The van der Waals surface area contributed by atoms with Gasteiger partial charge in [-0.3, -0.25) is 18.9 Å². The number of amides is 2. The summed E-state index contributed by atoms with van der Waals surface area (Å²) in [6, 6.07) is 3.12. The Kier molecular flexibility index (Phi) is 7.22. The number of anilines is 1. The van der Waals surface area contributed by atoms with Gasteiger partial charge in [0, 0.05) is 32.4 Å². The van der Waals surface area contributed by atoms with Gasteiger partial charge in [-0.15, -0.1) is 0 Å². The van der Waals surface area contributed by atoms with Crippen molar-refractivity contribution in [1.29, 1.82) is 0 Å². The summed E-state index contributed by atoms with van der Waals surface area (Å²) in [4.78, 5) is 49.2. The van der Waals surface area contributed by atoms with Crippen LogP contribution in [0.4, 0.5) is 10.6 Å². The number of hydrogen-bond acceptors (Lipinski definition) is 10. The molecule has 3 aliphatic heterocycles. The third-order valence-electron chi connectivity index (χ3n) is 6.84. The van der Waals surface area contributed by atoms with E-state index in [9.17, 15) is 22.8 Å². The zero-order chi connectivity index (χ0) is 27.2. The second-order valence-corrected chi connectivity index (χ2v) is 13.2. The van der Waals surface area contributed by atoms with Gasteiger partial charge in [0.1, 0.15) is 15.8 Å². The quantitative estimate of drug-likeness (QED) is 0.392. The molecule has 0 aliphatic carbocycles. The van der Waals surface area contributed by atoms with Gasteiger partial charge >= 0.3 is 6.09 Å². The molecule has 0 spiro atoms. The highest BCUT2D eigenvalue weighted by Crippen LogP contribution is 2.37. The van der Waals surface area contributed by atoms with Crippen molar-refractivity contribution in [1.82, 2.24) is 19.2 Å². The van der Waals surface area contributed by atoms with Crippen LogP contribution in [0.1, 0.15) is 24.5 Å². The molecule has 14 heteroatoms. The number of fused-ring (bicyclic) bond motifs is 1. The van der Waals surface area contributed by atoms with Crippen LogP contribution in [0.15, 0.2) is 28.0 Å². The topological polar surface area (TPSA) is 122 Å². The molecule has 1 atom stereocenters. The van der Waals surface area contributed by atoms with E-state index < -0.39 is 21.8 Å². The number of thiocarbonyl (C=S) groups is 1. The molecule has 0 radical (unpaired) electrons. The van der Waals surface area contributed by atoms with Gasteiger partial charge in [-0.25, -0.2) is 18.2 Å². The Balaban J connectivity index is 1.53. The number of ether oxygens (including phenoxy) is 1. The Hall–Kier alpha value is -2.97. The second-order valence-electron chi connectivity index (χ2n) is 9.32. The van der Waals surface area contributed by atoms with Crippen LogP contribution in [0.2, 0.25) is 0 Å². The van der Waals surface area contributed by atoms with Crippen LogP contribution in [0.5, 0.6) is 0 Å². The number of aromatic nitrogens is 2. The zero-order valence-corrected chi connectivity index (χ0v) is 23.4. The molecule has 0 N–H and O–H groups in total. The first-order chi connectivity index (χ1) is 18.1. The van der Waals surface area contributed by atoms with Crippen molar-refractivity contribution >= 4 is 67.7 Å². The summed E-state index contributed by atoms with van der Waals surface area (Å²) >= 11 is 6.50. The third-order valence-corrected chi connectivity index (χ3v) is 9.92. The van der Waals surface area contributed by atoms with E-state index in [1.807, 2.05) is 17.9 Å². The van der Waals surface area contributed by atoms with E-state index in [2.05, 4.69) is 0 Å². The smallest absolute Gasteiger partial charge is 0.409 e. The normalized spacial score (nSPS) is 22.6. The van der Waals surface area contributed by atoms with Gasteiger partial charge in [0.25, 0.3) is 11.5 Å². The van der Waals surface area contributed by atoms with Crippen molar-refractivity contribution in [2.45, 2.75) is 26.3 Å². The van der Waals surface area contributed by atoms with Crippen LogP contribution in [0.3, 0.4) is 0 Å². The first kappa shape index (κ1) is 26.6. The molecule has 2 aromatic rings. The van der Waals surface area contributed by atoms with E-state index >= 15 is 0 Å². The van der Waals surface area contributed by atoms with Crippen molar-refractivity contribution in [3.63, 3.8) is 0 Å². The van der Waals surface area contributed by atoms with E-state index in [0.717, 1.165) is 17.3 Å². The van der Waals surface area contributed by atoms with E-state index in [-0.39, 0.29) is 44.6 Å². The highest BCUT2D eigenvalue weighted by molar-refractivity contribution is 8.26. The molecule has 5 heterocycles. The highest BCUT2D eigenvalue weighted by atomic mass is 32.2. The summed E-state index contributed by atoms with van der Waals surface area (Å²) < 4.78 is 30.9. The minimum absolute atomic E-state index is 0.0188. The fourth-order valence-electron chi connectivity index (χ4n) is 4.89. The minimum Gasteiger partial charge on any atom is -0.450 e. The average molecular weight is 578 g/mol. The summed E-state index contributed by atoms with van der Waals surface area (Å²) in [6.45, 7) is 5.55. The molecule has 2 amide bonds.